The lowest BCUT2D eigenvalue weighted by Crippen LogP contribution is -2.19. The Morgan fingerprint density at radius 2 is 1.67 bits per heavy atom. The third-order valence-corrected chi connectivity index (χ3v) is 3.52. The van der Waals surface area contributed by atoms with Gasteiger partial charge in [-0.3, -0.25) is 0 Å². The first-order chi connectivity index (χ1) is 10.1. The van der Waals surface area contributed by atoms with Crippen LogP contribution in [0.1, 0.15) is 26.5 Å². The molecule has 0 saturated carbocycles. The van der Waals surface area contributed by atoms with E-state index in [-0.39, 0.29) is 0 Å². The number of aryl methyl sites for hydroxylation is 1. The monoisotopic (exact) mass is 279 g/mol. The number of aromatic nitrogens is 1. The van der Waals surface area contributed by atoms with E-state index in [4.69, 9.17) is 9.15 Å². The third kappa shape index (κ3) is 1.61. The molecule has 0 radical (unpaired) electrons. The number of nitrogens with zero attached hydrogens (tertiary/aromatic N) is 1. The van der Waals surface area contributed by atoms with Crippen molar-refractivity contribution in [1.29, 1.82) is 0 Å². The van der Waals surface area contributed by atoms with Crippen LogP contribution in [0.15, 0.2) is 40.9 Å². The number of carbonyl (C=O) groups is 2. The van der Waals surface area contributed by atoms with Crippen molar-refractivity contribution in [3.63, 3.8) is 0 Å². The van der Waals surface area contributed by atoms with Crippen LogP contribution in [0, 0.1) is 6.92 Å². The van der Waals surface area contributed by atoms with Crippen molar-refractivity contribution in [1.82, 2.24) is 4.98 Å². The van der Waals surface area contributed by atoms with Crippen molar-refractivity contribution in [3.8, 4) is 11.5 Å². The first-order valence-corrected chi connectivity index (χ1v) is 6.40. The highest BCUT2D eigenvalue weighted by atomic mass is 16.6. The molecular formula is C16H9NO4. The summed E-state index contributed by atoms with van der Waals surface area (Å²) in [6.45, 7) is 1.81. The smallest absolute Gasteiger partial charge is 0.346 e. The van der Waals surface area contributed by atoms with Crippen molar-refractivity contribution >= 4 is 22.7 Å². The minimum Gasteiger partial charge on any atom is -0.441 e. The van der Waals surface area contributed by atoms with Crippen LogP contribution in [0.2, 0.25) is 0 Å². The first-order valence-electron chi connectivity index (χ1n) is 6.40. The Balaban J connectivity index is 2.12. The van der Waals surface area contributed by atoms with E-state index in [9.17, 15) is 9.59 Å². The average molecular weight is 279 g/mol. The van der Waals surface area contributed by atoms with E-state index in [1.54, 1.807) is 30.5 Å². The molecule has 21 heavy (non-hydrogen) atoms. The van der Waals surface area contributed by atoms with E-state index in [2.05, 4.69) is 4.98 Å². The highest BCUT2D eigenvalue weighted by Gasteiger charge is 2.28. The number of hydrogen-bond acceptors (Lipinski definition) is 5. The van der Waals surface area contributed by atoms with E-state index in [1.165, 1.54) is 0 Å². The Bertz CT molecular complexity index is 903. The van der Waals surface area contributed by atoms with Gasteiger partial charge in [-0.15, -0.1) is 0 Å². The highest BCUT2D eigenvalue weighted by Crippen LogP contribution is 2.35. The normalized spacial score (nSPS) is 13.6. The van der Waals surface area contributed by atoms with Crippen molar-refractivity contribution in [2.45, 2.75) is 6.92 Å². The summed E-state index contributed by atoms with van der Waals surface area (Å²) < 4.78 is 10.3. The van der Waals surface area contributed by atoms with Crippen LogP contribution in [0.25, 0.3) is 22.2 Å². The zero-order chi connectivity index (χ0) is 14.6. The van der Waals surface area contributed by atoms with Crippen LogP contribution in [0.4, 0.5) is 0 Å². The van der Waals surface area contributed by atoms with Crippen molar-refractivity contribution < 1.29 is 18.7 Å². The lowest BCUT2D eigenvalue weighted by Gasteiger charge is -2.16. The van der Waals surface area contributed by atoms with Gasteiger partial charge < -0.3 is 9.15 Å². The molecule has 1 aliphatic rings. The molecule has 3 aromatic rings. The second-order valence-corrected chi connectivity index (χ2v) is 4.84. The molecule has 2 aromatic carbocycles. The molecule has 0 aliphatic carbocycles. The molecule has 0 atom stereocenters. The fourth-order valence-corrected chi connectivity index (χ4v) is 2.61. The maximum atomic E-state index is 11.9. The van der Waals surface area contributed by atoms with Gasteiger partial charge in [0.1, 0.15) is 5.76 Å². The predicted molar refractivity (Wildman–Crippen MR) is 73.9 cm³/mol. The van der Waals surface area contributed by atoms with Crippen molar-refractivity contribution in [3.05, 3.63) is 53.4 Å². The number of ether oxygens (including phenoxy) is 1. The number of benzene rings is 2. The van der Waals surface area contributed by atoms with Crippen molar-refractivity contribution in [2.24, 2.45) is 0 Å². The van der Waals surface area contributed by atoms with Crippen LogP contribution in [0.3, 0.4) is 0 Å². The van der Waals surface area contributed by atoms with Gasteiger partial charge in [0.25, 0.3) is 0 Å². The van der Waals surface area contributed by atoms with E-state index in [0.29, 0.717) is 28.2 Å². The largest absolute Gasteiger partial charge is 0.441 e. The average Bonchev–Trinajstić information content (AvgIpc) is 2.90. The maximum absolute atomic E-state index is 11.9. The quantitative estimate of drug-likeness (QED) is 0.505. The summed E-state index contributed by atoms with van der Waals surface area (Å²) in [4.78, 5) is 27.9. The Kier molecular flexibility index (Phi) is 2.27. The second kappa shape index (κ2) is 4.02. The van der Waals surface area contributed by atoms with Crippen LogP contribution in [-0.2, 0) is 4.74 Å². The minimum atomic E-state index is -0.626. The van der Waals surface area contributed by atoms with E-state index in [1.807, 2.05) is 13.0 Å². The fourth-order valence-electron chi connectivity index (χ4n) is 2.61. The fraction of sp³-hybridized carbons (Fsp3) is 0.0625. The van der Waals surface area contributed by atoms with Gasteiger partial charge >= 0.3 is 11.9 Å². The molecule has 0 amide bonds. The van der Waals surface area contributed by atoms with Crippen molar-refractivity contribution in [2.75, 3.05) is 0 Å². The highest BCUT2D eigenvalue weighted by molar-refractivity contribution is 6.22. The predicted octanol–water partition coefficient (Wildman–Crippen LogP) is 3.11. The molecule has 0 saturated heterocycles. The molecule has 5 nitrogen and oxygen atoms in total. The molecule has 0 spiro atoms. The molecule has 1 aromatic heterocycles. The number of carbonyl (C=O) groups excluding carboxylic acids is 2. The van der Waals surface area contributed by atoms with Crippen LogP contribution in [-0.4, -0.2) is 16.9 Å². The molecule has 102 valence electrons. The summed E-state index contributed by atoms with van der Waals surface area (Å²) in [6, 6.07) is 8.62. The van der Waals surface area contributed by atoms with Gasteiger partial charge in [-0.05, 0) is 30.5 Å². The Morgan fingerprint density at radius 1 is 0.952 bits per heavy atom. The van der Waals surface area contributed by atoms with E-state index in [0.717, 1.165) is 10.9 Å². The third-order valence-electron chi connectivity index (χ3n) is 3.52. The van der Waals surface area contributed by atoms with Gasteiger partial charge in [0.05, 0.1) is 17.3 Å². The summed E-state index contributed by atoms with van der Waals surface area (Å²) in [6.07, 6.45) is 1.63. The summed E-state index contributed by atoms with van der Waals surface area (Å²) >= 11 is 0. The topological polar surface area (TPSA) is 69.4 Å². The van der Waals surface area contributed by atoms with Crippen LogP contribution < -0.4 is 0 Å². The summed E-state index contributed by atoms with van der Waals surface area (Å²) in [5, 5.41) is 1.34. The van der Waals surface area contributed by atoms with Gasteiger partial charge in [-0.1, -0.05) is 12.1 Å². The SMILES string of the molecule is Cc1cnc(-c2ccc3c4c(cccc24)C(=O)OC3=O)o1. The van der Waals surface area contributed by atoms with Crippen LogP contribution >= 0.6 is 0 Å². The number of rotatable bonds is 1. The van der Waals surface area contributed by atoms with Gasteiger partial charge in [0.15, 0.2) is 0 Å². The number of esters is 2. The standard InChI is InChI=1S/C16H9NO4/c1-8-7-17-14(20-8)10-5-6-12-13-9(10)3-2-4-11(13)15(18)21-16(12)19/h2-7H,1H3. The second-order valence-electron chi connectivity index (χ2n) is 4.84. The molecule has 0 bridgehead atoms. The van der Waals surface area contributed by atoms with Gasteiger partial charge in [-0.2, -0.15) is 0 Å². The summed E-state index contributed by atoms with van der Waals surface area (Å²) in [7, 11) is 0. The van der Waals surface area contributed by atoms with Gasteiger partial charge in [0.2, 0.25) is 5.89 Å². The lowest BCUT2D eigenvalue weighted by atomic mass is 9.94. The van der Waals surface area contributed by atoms with Gasteiger partial charge in [0, 0.05) is 10.9 Å². The molecule has 2 heterocycles. The molecule has 5 heteroatoms. The lowest BCUT2D eigenvalue weighted by molar-refractivity contribution is 0.0391. The number of oxazole rings is 1. The Morgan fingerprint density at radius 3 is 2.38 bits per heavy atom. The van der Waals surface area contributed by atoms with E-state index >= 15 is 0 Å². The Hall–Kier alpha value is -2.95. The minimum absolute atomic E-state index is 0.382. The zero-order valence-electron chi connectivity index (χ0n) is 11.0. The number of hydrogen-bond donors (Lipinski definition) is 0. The number of cyclic esters (lactones) is 2. The molecular weight excluding hydrogens is 270 g/mol. The maximum Gasteiger partial charge on any atom is 0.346 e. The summed E-state index contributed by atoms with van der Waals surface area (Å²) in [5.74, 6) is -0.0961. The molecule has 1 aliphatic heterocycles. The molecule has 0 unspecified atom stereocenters. The first kappa shape index (κ1) is 11.8. The van der Waals surface area contributed by atoms with Gasteiger partial charge in [-0.25, -0.2) is 14.6 Å². The van der Waals surface area contributed by atoms with Crippen LogP contribution in [0.5, 0.6) is 0 Å². The molecule has 0 N–H and O–H groups in total. The summed E-state index contributed by atoms with van der Waals surface area (Å²) in [5.41, 5.74) is 1.51. The Labute approximate surface area is 119 Å². The molecule has 0 fully saturated rings. The molecule has 4 rings (SSSR count). The zero-order valence-corrected chi connectivity index (χ0v) is 11.0. The van der Waals surface area contributed by atoms with E-state index < -0.39 is 11.9 Å².